The molecule has 0 bridgehead atoms. The fourth-order valence-corrected chi connectivity index (χ4v) is 1.56. The summed E-state index contributed by atoms with van der Waals surface area (Å²) in [4.78, 5) is 16.0. The molecule has 0 aliphatic carbocycles. The van der Waals surface area contributed by atoms with Gasteiger partial charge in [-0.2, -0.15) is 0 Å². The molecule has 1 rings (SSSR count). The third-order valence-electron chi connectivity index (χ3n) is 2.13. The van der Waals surface area contributed by atoms with E-state index in [1.54, 1.807) is 46.2 Å². The zero-order valence-electron chi connectivity index (χ0n) is 10.5. The van der Waals surface area contributed by atoms with Crippen LogP contribution in [0, 0.1) is 0 Å². The summed E-state index contributed by atoms with van der Waals surface area (Å²) >= 11 is 3.29. The number of hydrogen-bond donors (Lipinski definition) is 1. The van der Waals surface area contributed by atoms with Crippen LogP contribution in [0.2, 0.25) is 0 Å². The van der Waals surface area contributed by atoms with E-state index in [4.69, 9.17) is 10.5 Å². The van der Waals surface area contributed by atoms with Crippen LogP contribution in [0.15, 0.2) is 22.9 Å². The van der Waals surface area contributed by atoms with Crippen molar-refractivity contribution in [1.82, 2.24) is 4.98 Å². The van der Waals surface area contributed by atoms with Crippen LogP contribution < -0.4 is 5.73 Å². The maximum Gasteiger partial charge on any atom is 0.331 e. The number of nitrogens with two attached hydrogens (primary N) is 1. The van der Waals surface area contributed by atoms with Crippen LogP contribution in [0.4, 0.5) is 0 Å². The van der Waals surface area contributed by atoms with Crippen molar-refractivity contribution >= 4 is 21.9 Å². The lowest BCUT2D eigenvalue weighted by Gasteiger charge is -2.28. The van der Waals surface area contributed by atoms with Gasteiger partial charge in [0.15, 0.2) is 0 Å². The van der Waals surface area contributed by atoms with E-state index in [9.17, 15) is 4.79 Å². The van der Waals surface area contributed by atoms with E-state index in [-0.39, 0.29) is 0 Å². The number of carbonyl (C=O) groups excluding carboxylic acids is 1. The number of nitrogens with zero attached hydrogens (tertiary/aromatic N) is 1. The highest BCUT2D eigenvalue weighted by atomic mass is 79.9. The van der Waals surface area contributed by atoms with Crippen LogP contribution in [0.5, 0.6) is 0 Å². The van der Waals surface area contributed by atoms with E-state index in [1.807, 2.05) is 0 Å². The smallest absolute Gasteiger partial charge is 0.331 e. The Morgan fingerprint density at radius 2 is 1.94 bits per heavy atom. The van der Waals surface area contributed by atoms with Gasteiger partial charge in [0.1, 0.15) is 11.1 Å². The van der Waals surface area contributed by atoms with Crippen LogP contribution >= 0.6 is 15.9 Å². The van der Waals surface area contributed by atoms with Crippen molar-refractivity contribution in [3.05, 3.63) is 28.5 Å². The van der Waals surface area contributed by atoms with Crippen LogP contribution in [-0.2, 0) is 15.1 Å². The number of rotatable bonds is 2. The average molecular weight is 301 g/mol. The molecule has 0 amide bonds. The lowest BCUT2D eigenvalue weighted by molar-refractivity contribution is -0.161. The van der Waals surface area contributed by atoms with E-state index in [2.05, 4.69) is 20.9 Å². The molecule has 1 aromatic heterocycles. The molecule has 0 aliphatic heterocycles. The molecule has 1 unspecified atom stereocenters. The molecule has 1 aromatic rings. The quantitative estimate of drug-likeness (QED) is 0.852. The van der Waals surface area contributed by atoms with Gasteiger partial charge in [0.25, 0.3) is 0 Å². The summed E-state index contributed by atoms with van der Waals surface area (Å²) < 4.78 is 6.06. The zero-order valence-corrected chi connectivity index (χ0v) is 12.0. The Bertz CT molecular complexity index is 425. The largest absolute Gasteiger partial charge is 0.458 e. The minimum Gasteiger partial charge on any atom is -0.458 e. The molecule has 0 saturated heterocycles. The van der Waals surface area contributed by atoms with Gasteiger partial charge < -0.3 is 10.5 Å². The lowest BCUT2D eigenvalue weighted by atomic mass is 9.95. The Kier molecular flexibility index (Phi) is 3.94. The van der Waals surface area contributed by atoms with Gasteiger partial charge in [-0.25, -0.2) is 4.79 Å². The maximum atomic E-state index is 12.0. The maximum absolute atomic E-state index is 12.0. The summed E-state index contributed by atoms with van der Waals surface area (Å²) in [5.74, 6) is -0.468. The van der Waals surface area contributed by atoms with E-state index < -0.39 is 17.1 Å². The molecule has 1 atom stereocenters. The van der Waals surface area contributed by atoms with Crippen molar-refractivity contribution in [2.45, 2.75) is 38.8 Å². The van der Waals surface area contributed by atoms with Crippen LogP contribution in [0.1, 0.15) is 33.3 Å². The number of carbonyl (C=O) groups is 1. The van der Waals surface area contributed by atoms with E-state index >= 15 is 0 Å². The van der Waals surface area contributed by atoms with Gasteiger partial charge >= 0.3 is 5.97 Å². The molecule has 0 aliphatic rings. The third kappa shape index (κ3) is 3.78. The highest BCUT2D eigenvalue weighted by Gasteiger charge is 2.35. The van der Waals surface area contributed by atoms with Crippen molar-refractivity contribution in [3.8, 4) is 0 Å². The monoisotopic (exact) mass is 300 g/mol. The van der Waals surface area contributed by atoms with E-state index in [0.29, 0.717) is 5.56 Å². The summed E-state index contributed by atoms with van der Waals surface area (Å²) in [5.41, 5.74) is 4.87. The van der Waals surface area contributed by atoms with E-state index in [0.717, 1.165) is 4.47 Å². The lowest BCUT2D eigenvalue weighted by Crippen LogP contribution is -2.46. The van der Waals surface area contributed by atoms with Gasteiger partial charge in [0, 0.05) is 22.4 Å². The number of pyridine rings is 1. The predicted octanol–water partition coefficient (Wildman–Crippen LogP) is 2.36. The topological polar surface area (TPSA) is 65.2 Å². The molecule has 2 N–H and O–H groups in total. The number of hydrogen-bond acceptors (Lipinski definition) is 4. The Hall–Kier alpha value is -0.940. The van der Waals surface area contributed by atoms with Gasteiger partial charge in [-0.15, -0.1) is 0 Å². The van der Waals surface area contributed by atoms with Crippen LogP contribution in [0.25, 0.3) is 0 Å². The summed E-state index contributed by atoms with van der Waals surface area (Å²) in [6.07, 6.45) is 3.20. The Morgan fingerprint density at radius 3 is 2.41 bits per heavy atom. The fraction of sp³-hybridized carbons (Fsp3) is 0.500. The van der Waals surface area contributed by atoms with Crippen molar-refractivity contribution in [2.75, 3.05) is 0 Å². The summed E-state index contributed by atoms with van der Waals surface area (Å²) in [6.45, 7) is 7.03. The van der Waals surface area contributed by atoms with Gasteiger partial charge in [-0.1, -0.05) is 0 Å². The Labute approximate surface area is 110 Å². The molecule has 0 spiro atoms. The minimum atomic E-state index is -1.20. The predicted molar refractivity (Wildman–Crippen MR) is 69.3 cm³/mol. The highest BCUT2D eigenvalue weighted by molar-refractivity contribution is 9.10. The first-order valence-electron chi connectivity index (χ1n) is 5.26. The molecule has 0 radical (unpaired) electrons. The van der Waals surface area contributed by atoms with Crippen molar-refractivity contribution in [2.24, 2.45) is 5.73 Å². The first kappa shape index (κ1) is 14.1. The molecule has 94 valence electrons. The normalized spacial score (nSPS) is 15.2. The number of halogens is 1. The molecule has 0 fully saturated rings. The second-order valence-electron chi connectivity index (χ2n) is 5.10. The SMILES string of the molecule is CC(C)(C)OC(=O)C(C)(N)c1cncc(Br)c1. The first-order chi connectivity index (χ1) is 7.63. The van der Waals surface area contributed by atoms with Crippen molar-refractivity contribution < 1.29 is 9.53 Å². The first-order valence-corrected chi connectivity index (χ1v) is 6.05. The second kappa shape index (κ2) is 4.74. The Morgan fingerprint density at radius 1 is 1.35 bits per heavy atom. The Balaban J connectivity index is 2.99. The van der Waals surface area contributed by atoms with Crippen LogP contribution in [-0.4, -0.2) is 16.6 Å². The van der Waals surface area contributed by atoms with Gasteiger partial charge in [0.05, 0.1) is 0 Å². The number of ether oxygens (including phenoxy) is 1. The van der Waals surface area contributed by atoms with E-state index in [1.165, 1.54) is 0 Å². The standard InChI is InChI=1S/C12H17BrN2O2/c1-11(2,3)17-10(16)12(4,14)8-5-9(13)7-15-6-8/h5-7H,14H2,1-4H3. The van der Waals surface area contributed by atoms with Crippen molar-refractivity contribution in [1.29, 1.82) is 0 Å². The summed E-state index contributed by atoms with van der Waals surface area (Å²) in [5, 5.41) is 0. The summed E-state index contributed by atoms with van der Waals surface area (Å²) in [6, 6.07) is 1.76. The molecule has 0 saturated carbocycles. The van der Waals surface area contributed by atoms with Crippen LogP contribution in [0.3, 0.4) is 0 Å². The highest BCUT2D eigenvalue weighted by Crippen LogP contribution is 2.23. The molecular weight excluding hydrogens is 284 g/mol. The third-order valence-corrected chi connectivity index (χ3v) is 2.56. The molecular formula is C12H17BrN2O2. The molecule has 0 aromatic carbocycles. The molecule has 4 nitrogen and oxygen atoms in total. The van der Waals surface area contributed by atoms with Crippen molar-refractivity contribution in [3.63, 3.8) is 0 Å². The fourth-order valence-electron chi connectivity index (χ4n) is 1.20. The summed E-state index contributed by atoms with van der Waals surface area (Å²) in [7, 11) is 0. The zero-order chi connectivity index (χ0) is 13.3. The van der Waals surface area contributed by atoms with Gasteiger partial charge in [-0.3, -0.25) is 4.98 Å². The molecule has 1 heterocycles. The minimum absolute atomic E-state index is 0.468. The molecule has 5 heteroatoms. The average Bonchev–Trinajstić information content (AvgIpc) is 2.15. The second-order valence-corrected chi connectivity index (χ2v) is 6.01. The number of esters is 1. The number of aromatic nitrogens is 1. The molecule has 17 heavy (non-hydrogen) atoms. The van der Waals surface area contributed by atoms with Gasteiger partial charge in [0.2, 0.25) is 0 Å². The van der Waals surface area contributed by atoms with Gasteiger partial charge in [-0.05, 0) is 49.7 Å².